The standard InChI is InChI=1S/C15H15BrClF2N3O/c1-10-13(17)14(22-9-21-10)20-7-6-11-2-4-12(5-3-11)23-8-15(16,18)19/h2-5,9H,6-8H2,1H3,(H,20,21,22). The molecular weight excluding hydrogens is 392 g/mol. The normalized spacial score (nSPS) is 11.3. The van der Waals surface area contributed by atoms with Crippen molar-refractivity contribution in [3.8, 4) is 5.75 Å². The van der Waals surface area contributed by atoms with Crippen LogP contribution in [-0.4, -0.2) is 28.0 Å². The number of nitrogens with zero attached hydrogens (tertiary/aromatic N) is 2. The lowest BCUT2D eigenvalue weighted by Gasteiger charge is -2.11. The highest BCUT2D eigenvalue weighted by atomic mass is 79.9. The molecule has 2 rings (SSSR count). The molecule has 0 saturated carbocycles. The molecule has 0 radical (unpaired) electrons. The van der Waals surface area contributed by atoms with Crippen LogP contribution in [0.3, 0.4) is 0 Å². The van der Waals surface area contributed by atoms with Crippen LogP contribution < -0.4 is 10.1 Å². The number of ether oxygens (including phenoxy) is 1. The Kier molecular flexibility index (Phi) is 6.12. The van der Waals surface area contributed by atoms with E-state index in [9.17, 15) is 8.78 Å². The lowest BCUT2D eigenvalue weighted by molar-refractivity contribution is 0.0545. The Labute approximate surface area is 146 Å². The average Bonchev–Trinajstić information content (AvgIpc) is 2.50. The number of hydrogen-bond acceptors (Lipinski definition) is 4. The van der Waals surface area contributed by atoms with E-state index < -0.39 is 11.4 Å². The predicted molar refractivity (Wildman–Crippen MR) is 89.8 cm³/mol. The second-order valence-electron chi connectivity index (χ2n) is 4.85. The summed E-state index contributed by atoms with van der Waals surface area (Å²) in [5.41, 5.74) is 1.76. The van der Waals surface area contributed by atoms with Gasteiger partial charge in [0, 0.05) is 6.54 Å². The van der Waals surface area contributed by atoms with E-state index in [0.717, 1.165) is 12.0 Å². The summed E-state index contributed by atoms with van der Waals surface area (Å²) < 4.78 is 30.3. The molecular formula is C15H15BrClF2N3O. The first-order valence-corrected chi connectivity index (χ1v) is 8.02. The van der Waals surface area contributed by atoms with Crippen LogP contribution in [0.2, 0.25) is 5.02 Å². The zero-order valence-corrected chi connectivity index (χ0v) is 14.7. The maximum absolute atomic E-state index is 12.6. The van der Waals surface area contributed by atoms with Gasteiger partial charge in [0.1, 0.15) is 22.9 Å². The third kappa shape index (κ3) is 5.91. The first kappa shape index (κ1) is 17.9. The van der Waals surface area contributed by atoms with Crippen LogP contribution in [-0.2, 0) is 6.42 Å². The minimum absolute atomic E-state index is 0.398. The van der Waals surface area contributed by atoms with Gasteiger partial charge in [-0.05, 0) is 47.0 Å². The van der Waals surface area contributed by atoms with E-state index in [4.69, 9.17) is 16.3 Å². The smallest absolute Gasteiger partial charge is 0.334 e. The summed E-state index contributed by atoms with van der Waals surface area (Å²) in [6.07, 6.45) is 2.18. The van der Waals surface area contributed by atoms with Crippen molar-refractivity contribution in [3.05, 3.63) is 46.9 Å². The summed E-state index contributed by atoms with van der Waals surface area (Å²) in [6, 6.07) is 6.98. The van der Waals surface area contributed by atoms with Crippen LogP contribution in [0.15, 0.2) is 30.6 Å². The van der Waals surface area contributed by atoms with Gasteiger partial charge in [-0.3, -0.25) is 0 Å². The van der Waals surface area contributed by atoms with E-state index in [-0.39, 0.29) is 0 Å². The van der Waals surface area contributed by atoms with Crippen molar-refractivity contribution in [3.63, 3.8) is 0 Å². The van der Waals surface area contributed by atoms with Gasteiger partial charge in [0.05, 0.1) is 5.69 Å². The van der Waals surface area contributed by atoms with E-state index in [1.807, 2.05) is 19.1 Å². The molecule has 124 valence electrons. The van der Waals surface area contributed by atoms with Crippen molar-refractivity contribution >= 4 is 33.3 Å². The summed E-state index contributed by atoms with van der Waals surface area (Å²) >= 11 is 8.33. The summed E-state index contributed by atoms with van der Waals surface area (Å²) in [5, 5.41) is 3.65. The SMILES string of the molecule is Cc1ncnc(NCCc2ccc(OCC(F)(F)Br)cc2)c1Cl. The lowest BCUT2D eigenvalue weighted by atomic mass is 10.1. The molecule has 0 amide bonds. The Bertz CT molecular complexity index is 650. The van der Waals surface area contributed by atoms with Crippen molar-refractivity contribution < 1.29 is 13.5 Å². The third-order valence-electron chi connectivity index (χ3n) is 3.00. The summed E-state index contributed by atoms with van der Waals surface area (Å²) in [4.78, 5) is 5.06. The van der Waals surface area contributed by atoms with Crippen molar-refractivity contribution in [2.24, 2.45) is 0 Å². The molecule has 8 heteroatoms. The van der Waals surface area contributed by atoms with Gasteiger partial charge < -0.3 is 10.1 Å². The second-order valence-corrected chi connectivity index (χ2v) is 6.38. The number of alkyl halides is 3. The molecule has 2 aromatic rings. The molecule has 1 aromatic heterocycles. The monoisotopic (exact) mass is 405 g/mol. The van der Waals surface area contributed by atoms with Crippen LogP contribution in [0.1, 0.15) is 11.3 Å². The Morgan fingerprint density at radius 2 is 1.96 bits per heavy atom. The van der Waals surface area contributed by atoms with E-state index in [2.05, 4.69) is 31.2 Å². The number of aromatic nitrogens is 2. The molecule has 0 saturated heterocycles. The average molecular weight is 407 g/mol. The quantitative estimate of drug-likeness (QED) is 0.690. The molecule has 0 aliphatic carbocycles. The van der Waals surface area contributed by atoms with E-state index in [1.165, 1.54) is 6.33 Å². The molecule has 0 aliphatic rings. The number of nitrogens with one attached hydrogen (secondary N) is 1. The number of anilines is 1. The highest BCUT2D eigenvalue weighted by Gasteiger charge is 2.24. The van der Waals surface area contributed by atoms with Gasteiger partial charge >= 0.3 is 4.83 Å². The predicted octanol–water partition coefficient (Wildman–Crippen LogP) is 4.46. The van der Waals surface area contributed by atoms with E-state index in [0.29, 0.717) is 28.8 Å². The van der Waals surface area contributed by atoms with E-state index >= 15 is 0 Å². The molecule has 1 N–H and O–H groups in total. The largest absolute Gasteiger partial charge is 0.486 e. The van der Waals surface area contributed by atoms with Gasteiger partial charge in [-0.15, -0.1) is 0 Å². The fourth-order valence-electron chi connectivity index (χ4n) is 1.82. The Hall–Kier alpha value is -1.47. The Balaban J connectivity index is 1.83. The van der Waals surface area contributed by atoms with Gasteiger partial charge in [0.2, 0.25) is 0 Å². The molecule has 0 atom stereocenters. The van der Waals surface area contributed by atoms with Crippen molar-refractivity contribution in [2.45, 2.75) is 18.2 Å². The van der Waals surface area contributed by atoms with Gasteiger partial charge in [-0.1, -0.05) is 23.7 Å². The zero-order chi connectivity index (χ0) is 16.9. The maximum atomic E-state index is 12.6. The number of aryl methyl sites for hydroxylation is 1. The highest BCUT2D eigenvalue weighted by Crippen LogP contribution is 2.24. The fourth-order valence-corrected chi connectivity index (χ4v) is 2.10. The molecule has 0 spiro atoms. The van der Waals surface area contributed by atoms with Gasteiger partial charge in [-0.2, -0.15) is 8.78 Å². The zero-order valence-electron chi connectivity index (χ0n) is 12.3. The first-order chi connectivity index (χ1) is 10.8. The van der Waals surface area contributed by atoms with Gasteiger partial charge in [-0.25, -0.2) is 9.97 Å². The third-order valence-corrected chi connectivity index (χ3v) is 3.68. The van der Waals surface area contributed by atoms with Gasteiger partial charge in [0.15, 0.2) is 6.61 Å². The van der Waals surface area contributed by atoms with Crippen LogP contribution in [0.5, 0.6) is 5.75 Å². The summed E-state index contributed by atoms with van der Waals surface area (Å²) in [7, 11) is 0. The Morgan fingerprint density at radius 3 is 2.61 bits per heavy atom. The molecule has 0 aliphatic heterocycles. The maximum Gasteiger partial charge on any atom is 0.334 e. The van der Waals surface area contributed by atoms with E-state index in [1.54, 1.807) is 12.1 Å². The first-order valence-electron chi connectivity index (χ1n) is 6.84. The van der Waals surface area contributed by atoms with Crippen molar-refractivity contribution in [1.29, 1.82) is 0 Å². The van der Waals surface area contributed by atoms with Crippen LogP contribution in [0.25, 0.3) is 0 Å². The minimum Gasteiger partial charge on any atom is -0.486 e. The van der Waals surface area contributed by atoms with Crippen LogP contribution in [0, 0.1) is 6.92 Å². The molecule has 23 heavy (non-hydrogen) atoms. The molecule has 0 unspecified atom stereocenters. The minimum atomic E-state index is -3.02. The second kappa shape index (κ2) is 7.88. The summed E-state index contributed by atoms with van der Waals surface area (Å²) in [5.74, 6) is 0.994. The number of halogens is 4. The lowest BCUT2D eigenvalue weighted by Crippen LogP contribution is -2.17. The van der Waals surface area contributed by atoms with Gasteiger partial charge in [0.25, 0.3) is 0 Å². The Morgan fingerprint density at radius 1 is 1.26 bits per heavy atom. The van der Waals surface area contributed by atoms with Crippen LogP contribution >= 0.6 is 27.5 Å². The van der Waals surface area contributed by atoms with Crippen LogP contribution in [0.4, 0.5) is 14.6 Å². The number of hydrogen-bond donors (Lipinski definition) is 1. The number of benzene rings is 1. The molecule has 0 fully saturated rings. The van der Waals surface area contributed by atoms with Crippen molar-refractivity contribution in [2.75, 3.05) is 18.5 Å². The molecule has 4 nitrogen and oxygen atoms in total. The highest BCUT2D eigenvalue weighted by molar-refractivity contribution is 9.10. The molecule has 0 bridgehead atoms. The van der Waals surface area contributed by atoms with Crippen molar-refractivity contribution in [1.82, 2.24) is 9.97 Å². The topological polar surface area (TPSA) is 47.0 Å². The number of rotatable bonds is 7. The fraction of sp³-hybridized carbons (Fsp3) is 0.333. The molecule has 1 heterocycles. The molecule has 1 aromatic carbocycles. The summed E-state index contributed by atoms with van der Waals surface area (Å²) in [6.45, 7) is 1.74.